The highest BCUT2D eigenvalue weighted by Crippen LogP contribution is 2.32. The molecule has 1 aromatic carbocycles. The van der Waals surface area contributed by atoms with Crippen LogP contribution < -0.4 is 0 Å². The summed E-state index contributed by atoms with van der Waals surface area (Å²) in [5, 5.41) is 9.05. The fraction of sp³-hybridized carbons (Fsp3) is 0.267. The summed E-state index contributed by atoms with van der Waals surface area (Å²) >= 11 is 6.15. The minimum absolute atomic E-state index is 0.0190. The molecular formula is C15H15ClO3. The first-order chi connectivity index (χ1) is 9.06. The Balaban J connectivity index is 2.35. The molecule has 1 aromatic rings. The molecule has 2 rings (SSSR count). The molecule has 1 atom stereocenters. The maximum absolute atomic E-state index is 12.1. The van der Waals surface area contributed by atoms with Crippen molar-refractivity contribution >= 4 is 23.1 Å². The van der Waals surface area contributed by atoms with Crippen LogP contribution in [0.2, 0.25) is 0 Å². The zero-order chi connectivity index (χ0) is 13.9. The van der Waals surface area contributed by atoms with E-state index in [1.807, 2.05) is 13.0 Å². The van der Waals surface area contributed by atoms with Crippen molar-refractivity contribution in [3.8, 4) is 0 Å². The molecule has 1 aliphatic carbocycles. The minimum atomic E-state index is -1.09. The van der Waals surface area contributed by atoms with E-state index in [4.69, 9.17) is 16.3 Å². The molecule has 3 nitrogen and oxygen atoms in total. The summed E-state index contributed by atoms with van der Waals surface area (Å²) in [6.45, 7) is 2.24. The number of hydrogen-bond acceptors (Lipinski definition) is 3. The number of carbonyl (C=O) groups is 1. The van der Waals surface area contributed by atoms with Crippen LogP contribution in [0.4, 0.5) is 0 Å². The second kappa shape index (κ2) is 5.59. The van der Waals surface area contributed by atoms with E-state index >= 15 is 0 Å². The van der Waals surface area contributed by atoms with Crippen molar-refractivity contribution in [3.63, 3.8) is 0 Å². The van der Waals surface area contributed by atoms with Gasteiger partial charge in [0.2, 0.25) is 0 Å². The van der Waals surface area contributed by atoms with Gasteiger partial charge in [0.05, 0.1) is 12.0 Å². The number of hydrogen-bond donors (Lipinski definition) is 1. The lowest BCUT2D eigenvalue weighted by molar-refractivity contribution is -0.118. The first-order valence-electron chi connectivity index (χ1n) is 6.10. The number of ether oxygens (including phenoxy) is 1. The number of halogens is 1. The monoisotopic (exact) mass is 278 g/mol. The minimum Gasteiger partial charge on any atom is -0.507 e. The average Bonchev–Trinajstić information content (AvgIpc) is 2.39. The molecule has 0 aromatic heterocycles. The van der Waals surface area contributed by atoms with Crippen molar-refractivity contribution in [2.24, 2.45) is 0 Å². The fourth-order valence-electron chi connectivity index (χ4n) is 1.98. The van der Waals surface area contributed by atoms with Crippen LogP contribution in [0.1, 0.15) is 18.9 Å². The van der Waals surface area contributed by atoms with E-state index in [-0.39, 0.29) is 23.5 Å². The van der Waals surface area contributed by atoms with Crippen LogP contribution in [-0.2, 0) is 9.53 Å². The van der Waals surface area contributed by atoms with Gasteiger partial charge >= 0.3 is 0 Å². The molecule has 100 valence electrons. The van der Waals surface area contributed by atoms with Crippen LogP contribution in [0.3, 0.4) is 0 Å². The number of rotatable bonds is 3. The van der Waals surface area contributed by atoms with Gasteiger partial charge in [-0.3, -0.25) is 4.79 Å². The van der Waals surface area contributed by atoms with Gasteiger partial charge in [-0.05, 0) is 19.1 Å². The zero-order valence-corrected chi connectivity index (χ0v) is 11.4. The Labute approximate surface area is 117 Å². The molecule has 0 spiro atoms. The van der Waals surface area contributed by atoms with Crippen molar-refractivity contribution in [2.45, 2.75) is 18.4 Å². The number of allylic oxidation sites excluding steroid dienone is 2. The van der Waals surface area contributed by atoms with Gasteiger partial charge in [0.25, 0.3) is 0 Å². The van der Waals surface area contributed by atoms with Gasteiger partial charge < -0.3 is 9.84 Å². The molecule has 0 radical (unpaired) electrons. The smallest absolute Gasteiger partial charge is 0.171 e. The van der Waals surface area contributed by atoms with E-state index in [9.17, 15) is 9.90 Å². The van der Waals surface area contributed by atoms with Gasteiger partial charge in [0, 0.05) is 12.2 Å². The second-order valence-electron chi connectivity index (χ2n) is 4.28. The first kappa shape index (κ1) is 13.8. The average molecular weight is 279 g/mol. The maximum atomic E-state index is 12.1. The molecule has 1 aliphatic rings. The van der Waals surface area contributed by atoms with Crippen LogP contribution in [-0.4, -0.2) is 22.6 Å². The van der Waals surface area contributed by atoms with E-state index in [1.165, 1.54) is 6.08 Å². The van der Waals surface area contributed by atoms with E-state index in [0.717, 1.165) is 0 Å². The highest BCUT2D eigenvalue weighted by atomic mass is 35.5. The third-order valence-corrected chi connectivity index (χ3v) is 3.26. The molecule has 0 bridgehead atoms. The van der Waals surface area contributed by atoms with Crippen molar-refractivity contribution in [2.75, 3.05) is 6.61 Å². The molecule has 1 N–H and O–H groups in total. The number of benzene rings is 1. The molecular weight excluding hydrogens is 264 g/mol. The van der Waals surface area contributed by atoms with E-state index < -0.39 is 5.06 Å². The molecule has 4 heteroatoms. The van der Waals surface area contributed by atoms with Crippen LogP contribution in [0.15, 0.2) is 48.1 Å². The number of alkyl halides is 1. The Bertz CT molecular complexity index is 534. The largest absolute Gasteiger partial charge is 0.507 e. The van der Waals surface area contributed by atoms with Crippen LogP contribution in [0, 0.1) is 0 Å². The van der Waals surface area contributed by atoms with Gasteiger partial charge in [0.15, 0.2) is 10.8 Å². The highest BCUT2D eigenvalue weighted by Gasteiger charge is 2.34. The van der Waals surface area contributed by atoms with Gasteiger partial charge in [-0.15, -0.1) is 0 Å². The predicted octanol–water partition coefficient (Wildman–Crippen LogP) is 3.46. The lowest BCUT2D eigenvalue weighted by Crippen LogP contribution is -2.30. The summed E-state index contributed by atoms with van der Waals surface area (Å²) in [6, 6.07) is 8.94. The summed E-state index contributed by atoms with van der Waals surface area (Å²) in [5.41, 5.74) is 0.871. The molecule has 1 unspecified atom stereocenters. The Hall–Kier alpha value is -1.58. The molecule has 0 amide bonds. The first-order valence-corrected chi connectivity index (χ1v) is 6.47. The second-order valence-corrected chi connectivity index (χ2v) is 4.92. The number of carbonyl (C=O) groups excluding carboxylic acids is 1. The lowest BCUT2D eigenvalue weighted by atomic mass is 9.94. The number of ketones is 1. The topological polar surface area (TPSA) is 46.5 Å². The Morgan fingerprint density at radius 1 is 1.42 bits per heavy atom. The zero-order valence-electron chi connectivity index (χ0n) is 10.6. The van der Waals surface area contributed by atoms with Gasteiger partial charge in [-0.25, -0.2) is 0 Å². The summed E-state index contributed by atoms with van der Waals surface area (Å²) in [5.74, 6) is -0.260. The quantitative estimate of drug-likeness (QED) is 0.523. The number of Topliss-reactive ketones (excluding diaryl/α,β-unsaturated/α-hetero) is 1. The molecule has 0 aliphatic heterocycles. The summed E-state index contributed by atoms with van der Waals surface area (Å²) in [7, 11) is 0. The Morgan fingerprint density at radius 3 is 2.68 bits per heavy atom. The summed E-state index contributed by atoms with van der Waals surface area (Å²) in [6.07, 6.45) is 3.15. The Morgan fingerprint density at radius 2 is 2.11 bits per heavy atom. The maximum Gasteiger partial charge on any atom is 0.171 e. The van der Waals surface area contributed by atoms with Crippen molar-refractivity contribution in [1.29, 1.82) is 0 Å². The van der Waals surface area contributed by atoms with Crippen molar-refractivity contribution < 1.29 is 14.6 Å². The van der Waals surface area contributed by atoms with E-state index in [0.29, 0.717) is 12.2 Å². The Kier molecular flexibility index (Phi) is 4.08. The standard InChI is InChI=1S/C15H15ClO3/c1-2-19-15(16)9-8-12(13(17)10-15)14(18)11-6-4-3-5-7-11/h3-9,18H,2,10H2,1H3. The van der Waals surface area contributed by atoms with Crippen molar-refractivity contribution in [1.82, 2.24) is 0 Å². The van der Waals surface area contributed by atoms with Crippen LogP contribution >= 0.6 is 11.6 Å². The van der Waals surface area contributed by atoms with Crippen LogP contribution in [0.25, 0.3) is 5.76 Å². The highest BCUT2D eigenvalue weighted by molar-refractivity contribution is 6.27. The summed E-state index contributed by atoms with van der Waals surface area (Å²) in [4.78, 5) is 12.1. The third kappa shape index (κ3) is 3.06. The predicted molar refractivity (Wildman–Crippen MR) is 75.0 cm³/mol. The van der Waals surface area contributed by atoms with E-state index in [2.05, 4.69) is 0 Å². The van der Waals surface area contributed by atoms with Crippen molar-refractivity contribution in [3.05, 3.63) is 53.6 Å². The van der Waals surface area contributed by atoms with Crippen LogP contribution in [0.5, 0.6) is 0 Å². The van der Waals surface area contributed by atoms with Gasteiger partial charge in [0.1, 0.15) is 5.76 Å². The third-order valence-electron chi connectivity index (χ3n) is 2.89. The SMILES string of the molecule is CCOC1(Cl)C=CC(=C(O)c2ccccc2)C(=O)C1. The number of aliphatic hydroxyl groups is 1. The number of aliphatic hydroxyl groups excluding tert-OH is 1. The lowest BCUT2D eigenvalue weighted by Gasteiger charge is -2.26. The normalized spacial score (nSPS) is 25.5. The molecule has 0 heterocycles. The summed E-state index contributed by atoms with van der Waals surface area (Å²) < 4.78 is 5.33. The molecule has 0 fully saturated rings. The van der Waals surface area contributed by atoms with Gasteiger partial charge in [-0.2, -0.15) is 0 Å². The molecule has 0 saturated heterocycles. The fourth-order valence-corrected chi connectivity index (χ4v) is 2.27. The van der Waals surface area contributed by atoms with Gasteiger partial charge in [-0.1, -0.05) is 41.9 Å². The molecule has 19 heavy (non-hydrogen) atoms. The van der Waals surface area contributed by atoms with E-state index in [1.54, 1.807) is 30.3 Å². The molecule has 0 saturated carbocycles.